The molecule has 0 amide bonds. The second-order valence-corrected chi connectivity index (χ2v) is 5.99. The predicted octanol–water partition coefficient (Wildman–Crippen LogP) is 1.65. The Morgan fingerprint density at radius 3 is 3.12 bits per heavy atom. The first-order valence-corrected chi connectivity index (χ1v) is 7.63. The van der Waals surface area contributed by atoms with Crippen LogP contribution in [0.25, 0.3) is 0 Å². The summed E-state index contributed by atoms with van der Waals surface area (Å²) in [4.78, 5) is 17.7. The van der Waals surface area contributed by atoms with Crippen molar-refractivity contribution in [2.24, 2.45) is 0 Å². The number of aromatic nitrogens is 2. The summed E-state index contributed by atoms with van der Waals surface area (Å²) < 4.78 is 6.79. The Morgan fingerprint density at radius 1 is 1.59 bits per heavy atom. The Bertz CT molecular complexity index is 460. The van der Waals surface area contributed by atoms with Gasteiger partial charge < -0.3 is 4.74 Å². The summed E-state index contributed by atoms with van der Waals surface area (Å²) >= 11 is 3.24. The Hall–Kier alpha value is -0.460. The molecule has 0 bridgehead atoms. The van der Waals surface area contributed by atoms with E-state index in [9.17, 15) is 4.79 Å². The summed E-state index contributed by atoms with van der Waals surface area (Å²) in [6, 6.07) is 0. The van der Waals surface area contributed by atoms with Crippen LogP contribution in [0.3, 0.4) is 0 Å². The Labute approximate surface area is 109 Å². The van der Waals surface area contributed by atoms with Crippen molar-refractivity contribution in [1.29, 1.82) is 0 Å². The van der Waals surface area contributed by atoms with E-state index in [0.717, 1.165) is 33.7 Å². The summed E-state index contributed by atoms with van der Waals surface area (Å²) in [7, 11) is 1.65. The number of fused-ring (bicyclic) bond motifs is 1. The first kappa shape index (κ1) is 13.0. The van der Waals surface area contributed by atoms with Gasteiger partial charge in [-0.05, 0) is 5.75 Å². The third-order valence-corrected chi connectivity index (χ3v) is 4.51. The van der Waals surface area contributed by atoms with Crippen molar-refractivity contribution in [3.05, 3.63) is 16.0 Å². The fourth-order valence-corrected chi connectivity index (χ4v) is 3.55. The van der Waals surface area contributed by atoms with Crippen molar-refractivity contribution in [2.75, 3.05) is 25.2 Å². The first-order chi connectivity index (χ1) is 8.27. The zero-order valence-electron chi connectivity index (χ0n) is 10.1. The van der Waals surface area contributed by atoms with E-state index >= 15 is 0 Å². The lowest BCUT2D eigenvalue weighted by atomic mass is 10.3. The highest BCUT2D eigenvalue weighted by Gasteiger charge is 2.21. The van der Waals surface area contributed by atoms with Crippen molar-refractivity contribution >= 4 is 23.5 Å². The van der Waals surface area contributed by atoms with Crippen LogP contribution in [-0.2, 0) is 17.7 Å². The van der Waals surface area contributed by atoms with Crippen LogP contribution in [0.2, 0.25) is 0 Å². The lowest BCUT2D eigenvalue weighted by molar-refractivity contribution is 0.182. The second-order valence-electron chi connectivity index (χ2n) is 3.65. The molecular weight excluding hydrogens is 256 g/mol. The van der Waals surface area contributed by atoms with E-state index in [-0.39, 0.29) is 5.56 Å². The van der Waals surface area contributed by atoms with Crippen molar-refractivity contribution in [3.63, 3.8) is 0 Å². The standard InChI is InChI=1S/C11H16N2O2S2/c1-3-16-11-12-8-4-7-17-9(8)10(14)13(11)5-6-15-2/h3-7H2,1-2H3. The molecule has 0 radical (unpaired) electrons. The van der Waals surface area contributed by atoms with Gasteiger partial charge in [0.2, 0.25) is 0 Å². The van der Waals surface area contributed by atoms with Gasteiger partial charge in [0.1, 0.15) is 0 Å². The average Bonchev–Trinajstić information content (AvgIpc) is 2.77. The quantitative estimate of drug-likeness (QED) is 0.602. The number of aryl methyl sites for hydroxylation is 1. The third-order valence-electron chi connectivity index (χ3n) is 2.54. The molecule has 0 saturated carbocycles. The molecule has 0 saturated heterocycles. The molecule has 6 heteroatoms. The number of methoxy groups -OCH3 is 1. The zero-order chi connectivity index (χ0) is 12.3. The number of ether oxygens (including phenoxy) is 1. The number of nitrogens with zero attached hydrogens (tertiary/aromatic N) is 2. The largest absolute Gasteiger partial charge is 0.383 e. The first-order valence-electron chi connectivity index (χ1n) is 5.66. The lowest BCUT2D eigenvalue weighted by Gasteiger charge is -2.12. The van der Waals surface area contributed by atoms with Crippen molar-refractivity contribution < 1.29 is 4.74 Å². The minimum absolute atomic E-state index is 0.102. The summed E-state index contributed by atoms with van der Waals surface area (Å²) in [5.41, 5.74) is 1.08. The predicted molar refractivity (Wildman–Crippen MR) is 71.2 cm³/mol. The van der Waals surface area contributed by atoms with Gasteiger partial charge in [-0.15, -0.1) is 11.8 Å². The fourth-order valence-electron chi connectivity index (χ4n) is 1.74. The Morgan fingerprint density at radius 2 is 2.41 bits per heavy atom. The molecule has 0 aliphatic carbocycles. The Kier molecular flexibility index (Phi) is 4.53. The van der Waals surface area contributed by atoms with Crippen molar-refractivity contribution in [1.82, 2.24) is 9.55 Å². The molecule has 0 fully saturated rings. The zero-order valence-corrected chi connectivity index (χ0v) is 11.7. The molecule has 2 heterocycles. The molecule has 2 rings (SSSR count). The van der Waals surface area contributed by atoms with E-state index in [0.29, 0.717) is 13.2 Å². The lowest BCUT2D eigenvalue weighted by Crippen LogP contribution is -2.27. The summed E-state index contributed by atoms with van der Waals surface area (Å²) in [5, 5.41) is 0.829. The van der Waals surface area contributed by atoms with Crippen LogP contribution in [0.4, 0.5) is 0 Å². The molecule has 0 atom stereocenters. The van der Waals surface area contributed by atoms with Crippen LogP contribution in [0.1, 0.15) is 12.6 Å². The van der Waals surface area contributed by atoms with Gasteiger partial charge >= 0.3 is 0 Å². The molecule has 17 heavy (non-hydrogen) atoms. The van der Waals surface area contributed by atoms with E-state index in [2.05, 4.69) is 11.9 Å². The SMILES string of the molecule is CCSc1nc2c(c(=O)n1CCOC)SCC2. The minimum Gasteiger partial charge on any atom is -0.383 e. The van der Waals surface area contributed by atoms with Gasteiger partial charge in [0.25, 0.3) is 5.56 Å². The number of hydrogen-bond donors (Lipinski definition) is 0. The van der Waals surface area contributed by atoms with Gasteiger partial charge in [-0.25, -0.2) is 4.98 Å². The van der Waals surface area contributed by atoms with Crippen LogP contribution in [0, 0.1) is 0 Å². The number of rotatable bonds is 5. The monoisotopic (exact) mass is 272 g/mol. The van der Waals surface area contributed by atoms with Crippen molar-refractivity contribution in [3.8, 4) is 0 Å². The molecule has 0 unspecified atom stereocenters. The van der Waals surface area contributed by atoms with Gasteiger partial charge in [-0.2, -0.15) is 0 Å². The topological polar surface area (TPSA) is 44.1 Å². The highest BCUT2D eigenvalue weighted by atomic mass is 32.2. The van der Waals surface area contributed by atoms with Gasteiger partial charge in [-0.1, -0.05) is 18.7 Å². The molecule has 0 N–H and O–H groups in total. The van der Waals surface area contributed by atoms with E-state index in [1.807, 2.05) is 0 Å². The molecule has 1 aromatic rings. The average molecular weight is 272 g/mol. The number of hydrogen-bond acceptors (Lipinski definition) is 5. The molecule has 4 nitrogen and oxygen atoms in total. The highest BCUT2D eigenvalue weighted by Crippen LogP contribution is 2.28. The molecule has 1 aromatic heterocycles. The van der Waals surface area contributed by atoms with Crippen LogP contribution in [0.5, 0.6) is 0 Å². The normalized spacial score (nSPS) is 14.0. The van der Waals surface area contributed by atoms with Gasteiger partial charge in [-0.3, -0.25) is 9.36 Å². The molecule has 0 spiro atoms. The van der Waals surface area contributed by atoms with Gasteiger partial charge in [0, 0.05) is 19.3 Å². The molecular formula is C11H16N2O2S2. The number of thioether (sulfide) groups is 2. The maximum absolute atomic E-state index is 12.3. The van der Waals surface area contributed by atoms with E-state index < -0.39 is 0 Å². The molecule has 0 aromatic carbocycles. The van der Waals surface area contributed by atoms with Crippen LogP contribution < -0.4 is 5.56 Å². The smallest absolute Gasteiger partial charge is 0.268 e. The molecule has 1 aliphatic heterocycles. The van der Waals surface area contributed by atoms with Gasteiger partial charge in [0.05, 0.1) is 23.7 Å². The van der Waals surface area contributed by atoms with Crippen LogP contribution in [-0.4, -0.2) is 34.8 Å². The maximum Gasteiger partial charge on any atom is 0.268 e. The minimum atomic E-state index is 0.102. The molecule has 1 aliphatic rings. The summed E-state index contributed by atoms with van der Waals surface area (Å²) in [6.45, 7) is 3.19. The maximum atomic E-state index is 12.3. The summed E-state index contributed by atoms with van der Waals surface area (Å²) in [5.74, 6) is 1.90. The van der Waals surface area contributed by atoms with E-state index in [1.165, 1.54) is 0 Å². The second kappa shape index (κ2) is 5.93. The van der Waals surface area contributed by atoms with Crippen LogP contribution in [0.15, 0.2) is 14.8 Å². The highest BCUT2D eigenvalue weighted by molar-refractivity contribution is 7.99. The molecule has 94 valence electrons. The van der Waals surface area contributed by atoms with Gasteiger partial charge in [0.15, 0.2) is 5.16 Å². The van der Waals surface area contributed by atoms with E-state index in [4.69, 9.17) is 4.74 Å². The summed E-state index contributed by atoms with van der Waals surface area (Å²) in [6.07, 6.45) is 0.914. The third kappa shape index (κ3) is 2.69. The fraction of sp³-hybridized carbons (Fsp3) is 0.636. The van der Waals surface area contributed by atoms with Crippen LogP contribution >= 0.6 is 23.5 Å². The van der Waals surface area contributed by atoms with E-state index in [1.54, 1.807) is 35.2 Å². The Balaban J connectivity index is 2.42. The van der Waals surface area contributed by atoms with Crippen molar-refractivity contribution in [2.45, 2.75) is 29.9 Å².